The number of H-pyrrole nitrogens is 1. The molecule has 0 atom stereocenters. The van der Waals surface area contributed by atoms with Crippen LogP contribution in [-0.2, 0) is 0 Å². The van der Waals surface area contributed by atoms with Gasteiger partial charge in [0.05, 0.1) is 10.9 Å². The maximum atomic E-state index is 6.05. The number of nitrogens with zero attached hydrogens (tertiary/aromatic N) is 2. The quantitative estimate of drug-likeness (QED) is 0.689. The molecule has 0 aliphatic carbocycles. The molecule has 1 heterocycles. The van der Waals surface area contributed by atoms with Crippen molar-refractivity contribution in [2.45, 2.75) is 0 Å². The Labute approximate surface area is 111 Å². The van der Waals surface area contributed by atoms with Gasteiger partial charge >= 0.3 is 0 Å². The maximum Gasteiger partial charge on any atom is 0.102 e. The molecule has 0 bridgehead atoms. The van der Waals surface area contributed by atoms with Crippen molar-refractivity contribution < 1.29 is 0 Å². The lowest BCUT2D eigenvalue weighted by atomic mass is 10.1. The lowest BCUT2D eigenvalue weighted by Gasteiger charge is -2.12. The minimum Gasteiger partial charge on any atom is -0.398 e. The third kappa shape index (κ3) is 1.91. The van der Waals surface area contributed by atoms with Gasteiger partial charge in [0.25, 0.3) is 0 Å². The first-order valence-corrected chi connectivity index (χ1v) is 6.17. The minimum atomic E-state index is 0.748. The Hall–Kier alpha value is -2.49. The van der Waals surface area contributed by atoms with Crippen LogP contribution in [0.1, 0.15) is 0 Å². The normalized spacial score (nSPS) is 10.8. The van der Waals surface area contributed by atoms with Crippen molar-refractivity contribution in [2.24, 2.45) is 0 Å². The second kappa shape index (κ2) is 4.31. The average molecular weight is 252 g/mol. The molecule has 3 N–H and O–H groups in total. The first-order chi connectivity index (χ1) is 9.16. The third-order valence-electron chi connectivity index (χ3n) is 3.28. The molecule has 4 nitrogen and oxygen atoms in total. The molecule has 3 rings (SSSR count). The lowest BCUT2D eigenvalue weighted by Crippen LogP contribution is -2.07. The molecule has 0 fully saturated rings. The van der Waals surface area contributed by atoms with Gasteiger partial charge in [-0.25, -0.2) is 0 Å². The van der Waals surface area contributed by atoms with Crippen molar-refractivity contribution in [3.05, 3.63) is 42.5 Å². The summed E-state index contributed by atoms with van der Waals surface area (Å²) < 4.78 is 0. The molecule has 0 amide bonds. The molecule has 0 unspecified atom stereocenters. The zero-order valence-corrected chi connectivity index (χ0v) is 11.0. The molecule has 96 valence electrons. The van der Waals surface area contributed by atoms with Crippen LogP contribution in [-0.4, -0.2) is 24.3 Å². The van der Waals surface area contributed by atoms with Crippen LogP contribution in [0.5, 0.6) is 0 Å². The van der Waals surface area contributed by atoms with Gasteiger partial charge in [0.15, 0.2) is 0 Å². The molecular weight excluding hydrogens is 236 g/mol. The van der Waals surface area contributed by atoms with E-state index in [0.29, 0.717) is 0 Å². The number of nitrogen functional groups attached to an aromatic ring is 1. The zero-order valence-electron chi connectivity index (χ0n) is 11.0. The smallest absolute Gasteiger partial charge is 0.102 e. The number of nitrogens with two attached hydrogens (primary N) is 1. The van der Waals surface area contributed by atoms with Crippen LogP contribution in [0.2, 0.25) is 0 Å². The van der Waals surface area contributed by atoms with Gasteiger partial charge in [-0.05, 0) is 24.3 Å². The van der Waals surface area contributed by atoms with Crippen molar-refractivity contribution in [1.29, 1.82) is 0 Å². The van der Waals surface area contributed by atoms with Crippen LogP contribution in [0, 0.1) is 0 Å². The maximum absolute atomic E-state index is 6.05. The molecule has 4 heteroatoms. The van der Waals surface area contributed by atoms with Crippen molar-refractivity contribution >= 4 is 22.3 Å². The monoisotopic (exact) mass is 252 g/mol. The minimum absolute atomic E-state index is 0.748. The topological polar surface area (TPSA) is 57.9 Å². The van der Waals surface area contributed by atoms with Gasteiger partial charge in [-0.3, -0.25) is 5.10 Å². The van der Waals surface area contributed by atoms with Gasteiger partial charge in [-0.15, -0.1) is 0 Å². The van der Waals surface area contributed by atoms with E-state index < -0.39 is 0 Å². The summed E-state index contributed by atoms with van der Waals surface area (Å²) in [6.45, 7) is 0. The number of hydrogen-bond donors (Lipinski definition) is 2. The fourth-order valence-electron chi connectivity index (χ4n) is 2.23. The summed E-state index contributed by atoms with van der Waals surface area (Å²) in [6.07, 6.45) is 0. The summed E-state index contributed by atoms with van der Waals surface area (Å²) in [5.74, 6) is 0. The fraction of sp³-hybridized carbons (Fsp3) is 0.133. The number of aromatic amines is 1. The SMILES string of the molecule is CN(C)c1ccc(-c2n[nH]c3cccc(N)c23)cc1. The number of anilines is 2. The van der Waals surface area contributed by atoms with E-state index in [-0.39, 0.29) is 0 Å². The average Bonchev–Trinajstić information content (AvgIpc) is 2.84. The molecule has 0 aliphatic heterocycles. The van der Waals surface area contributed by atoms with Crippen LogP contribution >= 0.6 is 0 Å². The van der Waals surface area contributed by atoms with Crippen molar-refractivity contribution in [2.75, 3.05) is 24.7 Å². The van der Waals surface area contributed by atoms with E-state index in [1.165, 1.54) is 0 Å². The Morgan fingerprint density at radius 3 is 2.47 bits per heavy atom. The fourth-order valence-corrected chi connectivity index (χ4v) is 2.23. The molecule has 2 aromatic carbocycles. The largest absolute Gasteiger partial charge is 0.398 e. The van der Waals surface area contributed by atoms with Gasteiger partial charge in [0.1, 0.15) is 5.69 Å². The molecular formula is C15H16N4. The number of nitrogens with one attached hydrogen (secondary N) is 1. The predicted molar refractivity (Wildman–Crippen MR) is 80.3 cm³/mol. The Bertz CT molecular complexity index is 711. The Morgan fingerprint density at radius 2 is 1.79 bits per heavy atom. The van der Waals surface area contributed by atoms with E-state index in [9.17, 15) is 0 Å². The summed E-state index contributed by atoms with van der Waals surface area (Å²) in [5, 5.41) is 8.39. The number of aromatic nitrogens is 2. The first-order valence-electron chi connectivity index (χ1n) is 6.17. The van der Waals surface area contributed by atoms with E-state index >= 15 is 0 Å². The predicted octanol–water partition coefficient (Wildman–Crippen LogP) is 2.88. The number of fused-ring (bicyclic) bond motifs is 1. The summed E-state index contributed by atoms with van der Waals surface area (Å²) in [7, 11) is 4.05. The highest BCUT2D eigenvalue weighted by atomic mass is 15.1. The van der Waals surface area contributed by atoms with Crippen molar-refractivity contribution in [3.8, 4) is 11.3 Å². The first kappa shape index (κ1) is 11.6. The van der Waals surface area contributed by atoms with Crippen molar-refractivity contribution in [3.63, 3.8) is 0 Å². The highest BCUT2D eigenvalue weighted by Gasteiger charge is 2.10. The molecule has 0 radical (unpaired) electrons. The second-order valence-electron chi connectivity index (χ2n) is 4.78. The Kier molecular flexibility index (Phi) is 2.63. The van der Waals surface area contributed by atoms with Crippen LogP contribution in [0.15, 0.2) is 42.5 Å². The second-order valence-corrected chi connectivity index (χ2v) is 4.78. The van der Waals surface area contributed by atoms with Crippen LogP contribution < -0.4 is 10.6 Å². The summed E-state index contributed by atoms with van der Waals surface area (Å²) >= 11 is 0. The standard InChI is InChI=1S/C15H16N4/c1-19(2)11-8-6-10(7-9-11)15-14-12(16)4-3-5-13(14)17-18-15/h3-9H,16H2,1-2H3,(H,17,18). The summed E-state index contributed by atoms with van der Waals surface area (Å²) in [4.78, 5) is 2.07. The van der Waals surface area contributed by atoms with Gasteiger partial charge in [-0.2, -0.15) is 5.10 Å². The van der Waals surface area contributed by atoms with Crippen LogP contribution in [0.3, 0.4) is 0 Å². The van der Waals surface area contributed by atoms with E-state index in [2.05, 4.69) is 39.4 Å². The number of benzene rings is 2. The highest BCUT2D eigenvalue weighted by Crippen LogP contribution is 2.31. The molecule has 0 saturated carbocycles. The Morgan fingerprint density at radius 1 is 1.05 bits per heavy atom. The van der Waals surface area contributed by atoms with Crippen LogP contribution in [0.4, 0.5) is 11.4 Å². The van der Waals surface area contributed by atoms with Gasteiger partial charge < -0.3 is 10.6 Å². The van der Waals surface area contributed by atoms with E-state index in [0.717, 1.165) is 33.5 Å². The highest BCUT2D eigenvalue weighted by molar-refractivity contribution is 6.01. The van der Waals surface area contributed by atoms with Gasteiger partial charge in [0.2, 0.25) is 0 Å². The van der Waals surface area contributed by atoms with Gasteiger partial charge in [0, 0.05) is 31.0 Å². The molecule has 0 spiro atoms. The Balaban J connectivity index is 2.14. The molecule has 0 saturated heterocycles. The van der Waals surface area contributed by atoms with E-state index in [1.54, 1.807) is 0 Å². The summed E-state index contributed by atoms with van der Waals surface area (Å²) in [5.41, 5.74) is 10.9. The number of rotatable bonds is 2. The molecule has 3 aromatic rings. The van der Waals surface area contributed by atoms with E-state index in [4.69, 9.17) is 5.73 Å². The third-order valence-corrected chi connectivity index (χ3v) is 3.28. The molecule has 0 aliphatic rings. The number of hydrogen-bond acceptors (Lipinski definition) is 3. The van der Waals surface area contributed by atoms with Gasteiger partial charge in [-0.1, -0.05) is 18.2 Å². The molecule has 1 aromatic heterocycles. The summed E-state index contributed by atoms with van der Waals surface area (Å²) in [6, 6.07) is 14.1. The molecule has 19 heavy (non-hydrogen) atoms. The van der Waals surface area contributed by atoms with Crippen molar-refractivity contribution in [1.82, 2.24) is 10.2 Å². The zero-order chi connectivity index (χ0) is 13.4. The van der Waals surface area contributed by atoms with Crippen LogP contribution in [0.25, 0.3) is 22.2 Å². The van der Waals surface area contributed by atoms with E-state index in [1.807, 2.05) is 32.3 Å². The lowest BCUT2D eigenvalue weighted by molar-refractivity contribution is 1.12.